The molecule has 0 N–H and O–H groups in total. The third-order valence-corrected chi connectivity index (χ3v) is 3.94. The second kappa shape index (κ2) is 5.68. The molecule has 0 amide bonds. The van der Waals surface area contributed by atoms with Gasteiger partial charge in [-0.25, -0.2) is 0 Å². The molecule has 0 spiro atoms. The average Bonchev–Trinajstić information content (AvgIpc) is 2.30. The number of nitrogens with zero attached hydrogens (tertiary/aromatic N) is 2. The summed E-state index contributed by atoms with van der Waals surface area (Å²) in [7, 11) is 0. The maximum absolute atomic E-state index is 6.01. The van der Waals surface area contributed by atoms with Crippen molar-refractivity contribution in [1.82, 2.24) is 9.88 Å². The molecule has 1 fully saturated rings. The van der Waals surface area contributed by atoms with E-state index in [-0.39, 0.29) is 11.7 Å². The van der Waals surface area contributed by atoms with Crippen LogP contribution < -0.4 is 0 Å². The topological polar surface area (TPSA) is 25.4 Å². The van der Waals surface area contributed by atoms with E-state index in [1.54, 1.807) is 0 Å². The number of hydrogen-bond donors (Lipinski definition) is 0. The highest BCUT2D eigenvalue weighted by molar-refractivity contribution is 9.09. The van der Waals surface area contributed by atoms with Crippen LogP contribution >= 0.6 is 15.9 Å². The van der Waals surface area contributed by atoms with Gasteiger partial charge < -0.3 is 4.74 Å². The minimum Gasteiger partial charge on any atom is -0.369 e. The standard InChI is InChI=1S/C14H21BrN2O/c1-11-5-4-6-16-13(11)9-17-8-12(7-15)18-14(2,3)10-17/h4-6,12H,7-10H2,1-3H3. The fourth-order valence-electron chi connectivity index (χ4n) is 2.51. The van der Waals surface area contributed by atoms with Crippen molar-refractivity contribution in [1.29, 1.82) is 0 Å². The molecule has 0 bridgehead atoms. The van der Waals surface area contributed by atoms with Crippen molar-refractivity contribution >= 4 is 15.9 Å². The number of hydrogen-bond acceptors (Lipinski definition) is 3. The van der Waals surface area contributed by atoms with Crippen molar-refractivity contribution in [3.63, 3.8) is 0 Å². The monoisotopic (exact) mass is 312 g/mol. The van der Waals surface area contributed by atoms with Gasteiger partial charge >= 0.3 is 0 Å². The Morgan fingerprint density at radius 3 is 3.00 bits per heavy atom. The molecule has 0 radical (unpaired) electrons. The lowest BCUT2D eigenvalue weighted by Crippen LogP contribution is -2.52. The molecule has 4 heteroatoms. The molecule has 3 nitrogen and oxygen atoms in total. The molecule has 2 heterocycles. The van der Waals surface area contributed by atoms with E-state index in [1.807, 2.05) is 12.3 Å². The Labute approximate surface area is 118 Å². The normalized spacial score (nSPS) is 24.1. The molecule has 1 atom stereocenters. The zero-order valence-electron chi connectivity index (χ0n) is 11.3. The minimum absolute atomic E-state index is 0.0840. The molecule has 0 saturated carbocycles. The number of ether oxygens (including phenoxy) is 1. The first-order chi connectivity index (χ1) is 8.50. The van der Waals surface area contributed by atoms with E-state index in [0.717, 1.165) is 25.0 Å². The van der Waals surface area contributed by atoms with Crippen LogP contribution in [0.4, 0.5) is 0 Å². The SMILES string of the molecule is Cc1cccnc1CN1CC(CBr)OC(C)(C)C1. The fourth-order valence-corrected chi connectivity index (χ4v) is 2.85. The van der Waals surface area contributed by atoms with E-state index < -0.39 is 0 Å². The molecule has 1 aromatic heterocycles. The van der Waals surface area contributed by atoms with Gasteiger partial charge in [-0.1, -0.05) is 22.0 Å². The van der Waals surface area contributed by atoms with Crippen LogP contribution in [0.5, 0.6) is 0 Å². The van der Waals surface area contributed by atoms with Crippen molar-refractivity contribution in [2.45, 2.75) is 39.0 Å². The van der Waals surface area contributed by atoms with Gasteiger partial charge in [-0.05, 0) is 32.4 Å². The van der Waals surface area contributed by atoms with Crippen LogP contribution in [0, 0.1) is 6.92 Å². The predicted molar refractivity (Wildman–Crippen MR) is 77.0 cm³/mol. The summed E-state index contributed by atoms with van der Waals surface area (Å²) in [5.41, 5.74) is 2.35. The Bertz CT molecular complexity index is 409. The number of aromatic nitrogens is 1. The lowest BCUT2D eigenvalue weighted by molar-refractivity contribution is -0.128. The molecule has 0 aliphatic carbocycles. The molecular weight excluding hydrogens is 292 g/mol. The van der Waals surface area contributed by atoms with E-state index in [0.29, 0.717) is 0 Å². The quantitative estimate of drug-likeness (QED) is 0.803. The second-order valence-corrected chi connectivity index (χ2v) is 6.24. The van der Waals surface area contributed by atoms with Crippen molar-refractivity contribution in [2.24, 2.45) is 0 Å². The lowest BCUT2D eigenvalue weighted by Gasteiger charge is -2.42. The van der Waals surface area contributed by atoms with Gasteiger partial charge in [0.25, 0.3) is 0 Å². The van der Waals surface area contributed by atoms with E-state index in [1.165, 1.54) is 11.3 Å². The molecule has 1 aliphatic rings. The Balaban J connectivity index is 2.07. The first kappa shape index (κ1) is 14.0. The minimum atomic E-state index is -0.0840. The van der Waals surface area contributed by atoms with Crippen LogP contribution in [0.3, 0.4) is 0 Å². The Kier molecular flexibility index (Phi) is 4.41. The Hall–Kier alpha value is -0.450. The summed E-state index contributed by atoms with van der Waals surface area (Å²) in [6.07, 6.45) is 2.13. The second-order valence-electron chi connectivity index (χ2n) is 5.59. The highest BCUT2D eigenvalue weighted by Crippen LogP contribution is 2.23. The van der Waals surface area contributed by atoms with Gasteiger partial charge in [0.1, 0.15) is 0 Å². The maximum Gasteiger partial charge on any atom is 0.0806 e. The first-order valence-corrected chi connectivity index (χ1v) is 7.49. The number of pyridine rings is 1. The number of halogens is 1. The number of aryl methyl sites for hydroxylation is 1. The lowest BCUT2D eigenvalue weighted by atomic mass is 10.0. The Morgan fingerprint density at radius 2 is 2.33 bits per heavy atom. The molecule has 0 aromatic carbocycles. The molecule has 18 heavy (non-hydrogen) atoms. The number of rotatable bonds is 3. The summed E-state index contributed by atoms with van der Waals surface area (Å²) in [5.74, 6) is 0. The van der Waals surface area contributed by atoms with Gasteiger partial charge in [0.2, 0.25) is 0 Å². The molecular formula is C14H21BrN2O. The Morgan fingerprint density at radius 1 is 1.56 bits per heavy atom. The summed E-state index contributed by atoms with van der Waals surface area (Å²) in [4.78, 5) is 6.91. The van der Waals surface area contributed by atoms with E-state index >= 15 is 0 Å². The highest BCUT2D eigenvalue weighted by Gasteiger charge is 2.32. The van der Waals surface area contributed by atoms with Crippen LogP contribution in [0.15, 0.2) is 18.3 Å². The molecule has 1 unspecified atom stereocenters. The van der Waals surface area contributed by atoms with E-state index in [2.05, 4.69) is 52.7 Å². The van der Waals surface area contributed by atoms with Gasteiger partial charge in [-0.3, -0.25) is 9.88 Å². The summed E-state index contributed by atoms with van der Waals surface area (Å²) in [5, 5.41) is 0.883. The zero-order valence-corrected chi connectivity index (χ0v) is 12.9. The van der Waals surface area contributed by atoms with Crippen LogP contribution in [0.25, 0.3) is 0 Å². The number of morpholine rings is 1. The van der Waals surface area contributed by atoms with Crippen molar-refractivity contribution in [3.8, 4) is 0 Å². The van der Waals surface area contributed by atoms with Crippen LogP contribution in [-0.4, -0.2) is 40.0 Å². The van der Waals surface area contributed by atoms with E-state index in [9.17, 15) is 0 Å². The van der Waals surface area contributed by atoms with Gasteiger partial charge in [0, 0.05) is 31.2 Å². The van der Waals surface area contributed by atoms with Gasteiger partial charge in [-0.15, -0.1) is 0 Å². The van der Waals surface area contributed by atoms with Crippen molar-refractivity contribution in [2.75, 3.05) is 18.4 Å². The molecule has 100 valence electrons. The maximum atomic E-state index is 6.01. The molecule has 1 saturated heterocycles. The fraction of sp³-hybridized carbons (Fsp3) is 0.643. The molecule has 2 rings (SSSR count). The summed E-state index contributed by atoms with van der Waals surface area (Å²) < 4.78 is 6.01. The number of alkyl halides is 1. The molecule has 1 aromatic rings. The smallest absolute Gasteiger partial charge is 0.0806 e. The first-order valence-electron chi connectivity index (χ1n) is 6.37. The average molecular weight is 313 g/mol. The zero-order chi connectivity index (χ0) is 13.2. The third-order valence-electron chi connectivity index (χ3n) is 3.22. The van der Waals surface area contributed by atoms with E-state index in [4.69, 9.17) is 4.74 Å². The largest absolute Gasteiger partial charge is 0.369 e. The van der Waals surface area contributed by atoms with Crippen LogP contribution in [0.1, 0.15) is 25.1 Å². The van der Waals surface area contributed by atoms with Crippen LogP contribution in [-0.2, 0) is 11.3 Å². The summed E-state index contributed by atoms with van der Waals surface area (Å²) >= 11 is 3.52. The van der Waals surface area contributed by atoms with Gasteiger partial charge in [0.15, 0.2) is 0 Å². The van der Waals surface area contributed by atoms with Crippen LogP contribution in [0.2, 0.25) is 0 Å². The van der Waals surface area contributed by atoms with Gasteiger partial charge in [-0.2, -0.15) is 0 Å². The van der Waals surface area contributed by atoms with Crippen molar-refractivity contribution < 1.29 is 4.74 Å². The predicted octanol–water partition coefficient (Wildman–Crippen LogP) is 2.76. The van der Waals surface area contributed by atoms with Gasteiger partial charge in [0.05, 0.1) is 17.4 Å². The summed E-state index contributed by atoms with van der Waals surface area (Å²) in [6.45, 7) is 9.25. The third kappa shape index (κ3) is 3.53. The van der Waals surface area contributed by atoms with Crippen molar-refractivity contribution in [3.05, 3.63) is 29.6 Å². The summed E-state index contributed by atoms with van der Waals surface area (Å²) in [6, 6.07) is 4.11. The molecule has 1 aliphatic heterocycles. The highest BCUT2D eigenvalue weighted by atomic mass is 79.9.